The van der Waals surface area contributed by atoms with Crippen molar-refractivity contribution in [2.24, 2.45) is 0 Å². The number of carbonyl (C=O) groups excluding carboxylic acids is 1. The fourth-order valence-electron chi connectivity index (χ4n) is 2.30. The van der Waals surface area contributed by atoms with Gasteiger partial charge in [0, 0.05) is 22.8 Å². The summed E-state index contributed by atoms with van der Waals surface area (Å²) in [6.07, 6.45) is 3.01. The van der Waals surface area contributed by atoms with Crippen LogP contribution in [0.3, 0.4) is 0 Å². The summed E-state index contributed by atoms with van der Waals surface area (Å²) in [6, 6.07) is 9.64. The molecule has 0 aliphatic rings. The van der Waals surface area contributed by atoms with Crippen LogP contribution in [0, 0.1) is 0 Å². The summed E-state index contributed by atoms with van der Waals surface area (Å²) in [4.78, 5) is 24.7. The monoisotopic (exact) mass is 340 g/mol. The molecular formula is C15H9ClN6O2. The van der Waals surface area contributed by atoms with Gasteiger partial charge in [-0.25, -0.2) is 9.19 Å². The van der Waals surface area contributed by atoms with Crippen LogP contribution in [0.4, 0.5) is 0 Å². The molecule has 0 spiro atoms. The summed E-state index contributed by atoms with van der Waals surface area (Å²) in [6.45, 7) is 0. The van der Waals surface area contributed by atoms with Crippen molar-refractivity contribution in [1.29, 1.82) is 0 Å². The summed E-state index contributed by atoms with van der Waals surface area (Å²) < 4.78 is 2.57. The number of halogens is 1. The van der Waals surface area contributed by atoms with Crippen LogP contribution in [0.1, 0.15) is 10.4 Å². The number of carbonyl (C=O) groups is 1. The predicted octanol–water partition coefficient (Wildman–Crippen LogP) is 1.48. The van der Waals surface area contributed by atoms with Gasteiger partial charge in [-0.1, -0.05) is 11.6 Å². The van der Waals surface area contributed by atoms with Crippen molar-refractivity contribution >= 4 is 34.2 Å². The normalized spacial score (nSPS) is 11.0. The minimum absolute atomic E-state index is 0.102. The number of benzene rings is 1. The molecule has 0 radical (unpaired) electrons. The second kappa shape index (κ2) is 5.43. The van der Waals surface area contributed by atoms with Gasteiger partial charge in [0.15, 0.2) is 11.2 Å². The van der Waals surface area contributed by atoms with E-state index >= 15 is 0 Å². The summed E-state index contributed by atoms with van der Waals surface area (Å²) in [5, 5.41) is 12.5. The van der Waals surface area contributed by atoms with E-state index in [-0.39, 0.29) is 5.52 Å². The lowest BCUT2D eigenvalue weighted by Crippen LogP contribution is -2.33. The SMILES string of the molecule is O=C(Nn1ccc2c(nnc3ccnn32)c1=O)c1ccc(Cl)cc1. The molecule has 0 bridgehead atoms. The first kappa shape index (κ1) is 14.3. The first-order valence-electron chi connectivity index (χ1n) is 6.92. The molecule has 4 rings (SSSR count). The number of pyridine rings is 1. The number of nitrogens with one attached hydrogen (secondary N) is 1. The minimum atomic E-state index is -0.500. The van der Waals surface area contributed by atoms with Crippen molar-refractivity contribution in [1.82, 2.24) is 24.5 Å². The van der Waals surface area contributed by atoms with Gasteiger partial charge in [-0.3, -0.25) is 15.0 Å². The number of nitrogens with zero attached hydrogens (tertiary/aromatic N) is 5. The van der Waals surface area contributed by atoms with Gasteiger partial charge in [-0.05, 0) is 30.3 Å². The Morgan fingerprint density at radius 2 is 1.88 bits per heavy atom. The summed E-state index contributed by atoms with van der Waals surface area (Å²) in [7, 11) is 0. The van der Waals surface area contributed by atoms with Gasteiger partial charge >= 0.3 is 0 Å². The van der Waals surface area contributed by atoms with Gasteiger partial charge in [-0.2, -0.15) is 5.10 Å². The zero-order valence-electron chi connectivity index (χ0n) is 12.0. The summed E-state index contributed by atoms with van der Waals surface area (Å²) in [5.74, 6) is -0.443. The third kappa shape index (κ3) is 2.29. The number of hydrogen-bond acceptors (Lipinski definition) is 5. The lowest BCUT2D eigenvalue weighted by molar-refractivity contribution is 0.101. The zero-order valence-corrected chi connectivity index (χ0v) is 12.8. The largest absolute Gasteiger partial charge is 0.299 e. The average molecular weight is 341 g/mol. The third-order valence-corrected chi connectivity index (χ3v) is 3.73. The molecule has 0 atom stereocenters. The van der Waals surface area contributed by atoms with Crippen molar-refractivity contribution < 1.29 is 4.79 Å². The Balaban J connectivity index is 1.76. The molecule has 0 aliphatic heterocycles. The topological polar surface area (TPSA) is 94.2 Å². The van der Waals surface area contributed by atoms with Crippen LogP contribution in [0.15, 0.2) is 53.6 Å². The second-order valence-electron chi connectivity index (χ2n) is 4.97. The second-order valence-corrected chi connectivity index (χ2v) is 5.41. The van der Waals surface area contributed by atoms with Crippen LogP contribution in [-0.4, -0.2) is 30.4 Å². The number of amides is 1. The van der Waals surface area contributed by atoms with E-state index in [9.17, 15) is 9.59 Å². The Morgan fingerprint density at radius 1 is 1.08 bits per heavy atom. The van der Waals surface area contributed by atoms with Crippen LogP contribution in [0.25, 0.3) is 16.7 Å². The molecule has 3 aromatic heterocycles. The Morgan fingerprint density at radius 3 is 2.67 bits per heavy atom. The lowest BCUT2D eigenvalue weighted by Gasteiger charge is -2.09. The van der Waals surface area contributed by atoms with Crippen molar-refractivity contribution in [2.75, 3.05) is 5.43 Å². The van der Waals surface area contributed by atoms with E-state index < -0.39 is 11.5 Å². The third-order valence-electron chi connectivity index (χ3n) is 3.48. The van der Waals surface area contributed by atoms with Gasteiger partial charge in [-0.15, -0.1) is 10.2 Å². The Labute approximate surface area is 139 Å². The Bertz CT molecular complexity index is 1130. The molecule has 1 amide bonds. The highest BCUT2D eigenvalue weighted by Crippen LogP contribution is 2.10. The molecule has 4 aromatic rings. The van der Waals surface area contributed by atoms with Gasteiger partial charge < -0.3 is 0 Å². The van der Waals surface area contributed by atoms with Crippen LogP contribution < -0.4 is 11.0 Å². The molecule has 1 N–H and O–H groups in total. The molecular weight excluding hydrogens is 332 g/mol. The quantitative estimate of drug-likeness (QED) is 0.596. The van der Waals surface area contributed by atoms with E-state index in [2.05, 4.69) is 20.7 Å². The average Bonchev–Trinajstić information content (AvgIpc) is 3.07. The standard InChI is InChI=1S/C15H9ClN6O2/c16-10-3-1-9(2-4-10)14(23)20-21-8-6-11-13(15(21)24)19-18-12-5-7-17-22(11)12/h1-8H,(H,20,23). The fraction of sp³-hybridized carbons (Fsp3) is 0. The lowest BCUT2D eigenvalue weighted by atomic mass is 10.2. The molecule has 0 saturated heterocycles. The number of fused-ring (bicyclic) bond motifs is 3. The molecule has 0 aliphatic carbocycles. The summed E-state index contributed by atoms with van der Waals surface area (Å²) in [5.41, 5.74) is 3.52. The van der Waals surface area contributed by atoms with E-state index in [0.717, 1.165) is 4.68 Å². The Kier molecular flexibility index (Phi) is 3.24. The van der Waals surface area contributed by atoms with E-state index in [1.807, 2.05) is 0 Å². The van der Waals surface area contributed by atoms with Crippen LogP contribution >= 0.6 is 11.6 Å². The molecule has 0 unspecified atom stereocenters. The van der Waals surface area contributed by atoms with E-state index in [0.29, 0.717) is 21.7 Å². The van der Waals surface area contributed by atoms with E-state index in [4.69, 9.17) is 11.6 Å². The molecule has 8 nitrogen and oxygen atoms in total. The van der Waals surface area contributed by atoms with Crippen molar-refractivity contribution in [3.8, 4) is 0 Å². The molecule has 0 fully saturated rings. The number of rotatable bonds is 2. The zero-order chi connectivity index (χ0) is 16.7. The first-order valence-corrected chi connectivity index (χ1v) is 7.30. The van der Waals surface area contributed by atoms with E-state index in [1.54, 1.807) is 42.6 Å². The van der Waals surface area contributed by atoms with Crippen molar-refractivity contribution in [3.05, 3.63) is 69.7 Å². The highest BCUT2D eigenvalue weighted by atomic mass is 35.5. The summed E-state index contributed by atoms with van der Waals surface area (Å²) >= 11 is 5.80. The minimum Gasteiger partial charge on any atom is -0.267 e. The van der Waals surface area contributed by atoms with Gasteiger partial charge in [0.05, 0.1) is 6.20 Å². The Hall–Kier alpha value is -3.26. The first-order chi connectivity index (χ1) is 11.6. The molecule has 24 heavy (non-hydrogen) atoms. The van der Waals surface area contributed by atoms with Crippen molar-refractivity contribution in [3.63, 3.8) is 0 Å². The van der Waals surface area contributed by atoms with Gasteiger partial charge in [0.25, 0.3) is 11.5 Å². The maximum Gasteiger partial charge on any atom is 0.299 e. The maximum absolute atomic E-state index is 12.5. The van der Waals surface area contributed by atoms with Gasteiger partial charge in [0.2, 0.25) is 0 Å². The van der Waals surface area contributed by atoms with Crippen LogP contribution in [0.2, 0.25) is 5.02 Å². The van der Waals surface area contributed by atoms with Gasteiger partial charge in [0.1, 0.15) is 5.52 Å². The van der Waals surface area contributed by atoms with Crippen molar-refractivity contribution in [2.45, 2.75) is 0 Å². The smallest absolute Gasteiger partial charge is 0.267 e. The predicted molar refractivity (Wildman–Crippen MR) is 87.7 cm³/mol. The molecule has 0 saturated carbocycles. The number of aromatic nitrogens is 5. The molecule has 9 heteroatoms. The van der Waals surface area contributed by atoms with E-state index in [1.165, 1.54) is 10.7 Å². The molecule has 118 valence electrons. The highest BCUT2D eigenvalue weighted by molar-refractivity contribution is 6.30. The van der Waals surface area contributed by atoms with Crippen LogP contribution in [-0.2, 0) is 0 Å². The maximum atomic E-state index is 12.5. The van der Waals surface area contributed by atoms with Crippen LogP contribution in [0.5, 0.6) is 0 Å². The molecule has 3 heterocycles. The fourth-order valence-corrected chi connectivity index (χ4v) is 2.43. The highest BCUT2D eigenvalue weighted by Gasteiger charge is 2.12. The molecule has 1 aromatic carbocycles. The number of hydrogen-bond donors (Lipinski definition) is 1.